The van der Waals surface area contributed by atoms with E-state index in [0.717, 1.165) is 11.4 Å². The highest BCUT2D eigenvalue weighted by Crippen LogP contribution is 2.24. The Balaban J connectivity index is 1.64. The number of hydrogen-bond donors (Lipinski definition) is 1. The van der Waals surface area contributed by atoms with Gasteiger partial charge in [0.15, 0.2) is 0 Å². The average molecular weight is 357 g/mol. The van der Waals surface area contributed by atoms with E-state index >= 15 is 0 Å². The first-order chi connectivity index (χ1) is 12.5. The van der Waals surface area contributed by atoms with Gasteiger partial charge in [-0.1, -0.05) is 6.07 Å². The fourth-order valence-corrected chi connectivity index (χ4v) is 3.03. The third-order valence-electron chi connectivity index (χ3n) is 4.49. The van der Waals surface area contributed by atoms with Crippen LogP contribution in [0.4, 0.5) is 10.5 Å². The van der Waals surface area contributed by atoms with E-state index in [1.807, 2.05) is 43.3 Å². The summed E-state index contributed by atoms with van der Waals surface area (Å²) in [5.74, 6) is 2.06. The topological polar surface area (TPSA) is 75.0 Å². The third-order valence-corrected chi connectivity index (χ3v) is 4.49. The summed E-state index contributed by atoms with van der Waals surface area (Å²) in [6.45, 7) is 4.77. The molecule has 138 valence electrons. The van der Waals surface area contributed by atoms with Gasteiger partial charge in [-0.3, -0.25) is 4.79 Å². The zero-order chi connectivity index (χ0) is 18.7. The van der Waals surface area contributed by atoms with E-state index in [1.54, 1.807) is 23.8 Å². The molecule has 26 heavy (non-hydrogen) atoms. The monoisotopic (exact) mass is 357 g/mol. The van der Waals surface area contributed by atoms with Gasteiger partial charge in [0.05, 0.1) is 13.7 Å². The maximum Gasteiger partial charge on any atom is 0.318 e. The molecule has 1 fully saturated rings. The first-order valence-corrected chi connectivity index (χ1v) is 8.55. The van der Waals surface area contributed by atoms with Crippen LogP contribution in [0.2, 0.25) is 0 Å². The van der Waals surface area contributed by atoms with Crippen LogP contribution in [0.25, 0.3) is 0 Å². The normalized spacial score (nSPS) is 17.3. The van der Waals surface area contributed by atoms with Crippen LogP contribution in [-0.2, 0) is 11.3 Å². The van der Waals surface area contributed by atoms with E-state index in [0.29, 0.717) is 31.1 Å². The Hall–Kier alpha value is -2.96. The van der Waals surface area contributed by atoms with Gasteiger partial charge in [-0.15, -0.1) is 0 Å². The zero-order valence-electron chi connectivity index (χ0n) is 15.2. The molecule has 1 N–H and O–H groups in total. The number of carbonyl (C=O) groups excluding carboxylic acids is 2. The smallest absolute Gasteiger partial charge is 0.318 e. The summed E-state index contributed by atoms with van der Waals surface area (Å²) >= 11 is 0. The number of anilines is 1. The summed E-state index contributed by atoms with van der Waals surface area (Å²) in [7, 11) is 1.59. The maximum absolute atomic E-state index is 12.8. The van der Waals surface area contributed by atoms with Crippen LogP contribution >= 0.6 is 0 Å². The molecule has 7 nitrogen and oxygen atoms in total. The summed E-state index contributed by atoms with van der Waals surface area (Å²) < 4.78 is 10.7. The van der Waals surface area contributed by atoms with Gasteiger partial charge in [-0.25, -0.2) is 4.79 Å². The van der Waals surface area contributed by atoms with Crippen molar-refractivity contribution < 1.29 is 18.7 Å². The van der Waals surface area contributed by atoms with Crippen molar-refractivity contribution in [3.05, 3.63) is 47.9 Å². The molecule has 1 aliphatic heterocycles. The van der Waals surface area contributed by atoms with E-state index in [4.69, 9.17) is 9.15 Å². The Morgan fingerprint density at radius 2 is 2.12 bits per heavy atom. The van der Waals surface area contributed by atoms with Gasteiger partial charge in [-0.2, -0.15) is 0 Å². The number of carbonyl (C=O) groups is 2. The lowest BCUT2D eigenvalue weighted by molar-refractivity contribution is -0.124. The molecule has 1 aliphatic rings. The van der Waals surface area contributed by atoms with Gasteiger partial charge >= 0.3 is 6.03 Å². The van der Waals surface area contributed by atoms with Gasteiger partial charge in [0.25, 0.3) is 0 Å². The second-order valence-electron chi connectivity index (χ2n) is 6.23. The fourth-order valence-electron chi connectivity index (χ4n) is 3.03. The molecule has 0 bridgehead atoms. The SMILES string of the molecule is COc1cccc(N2CCN(C(=O)NCc3ccc(C)o3)C(C)C2=O)c1. The number of nitrogens with one attached hydrogen (secondary N) is 1. The first kappa shape index (κ1) is 17.8. The maximum atomic E-state index is 12.8. The Kier molecular flexibility index (Phi) is 5.16. The minimum atomic E-state index is -0.548. The molecule has 1 atom stereocenters. The Morgan fingerprint density at radius 3 is 2.81 bits per heavy atom. The van der Waals surface area contributed by atoms with Crippen molar-refractivity contribution in [2.45, 2.75) is 26.4 Å². The standard InChI is InChI=1S/C19H23N3O4/c1-13-7-8-17(26-13)12-20-19(24)21-9-10-22(18(23)14(21)2)15-5-4-6-16(11-15)25-3/h4-8,11,14H,9-10,12H2,1-3H3,(H,20,24). The number of piperazine rings is 1. The number of urea groups is 1. The number of amides is 3. The van der Waals surface area contributed by atoms with Crippen LogP contribution < -0.4 is 15.0 Å². The van der Waals surface area contributed by atoms with Crippen LogP contribution in [0.5, 0.6) is 5.75 Å². The molecule has 0 saturated carbocycles. The van der Waals surface area contributed by atoms with Crippen LogP contribution in [0.15, 0.2) is 40.8 Å². The summed E-state index contributed by atoms with van der Waals surface area (Å²) in [5.41, 5.74) is 0.771. The molecular formula is C19H23N3O4. The lowest BCUT2D eigenvalue weighted by Crippen LogP contribution is -2.59. The van der Waals surface area contributed by atoms with Gasteiger partial charge in [0, 0.05) is 24.8 Å². The molecule has 7 heteroatoms. The number of methoxy groups -OCH3 is 1. The predicted octanol–water partition coefficient (Wildman–Crippen LogP) is 2.54. The third kappa shape index (κ3) is 3.66. The highest BCUT2D eigenvalue weighted by Gasteiger charge is 2.35. The number of furan rings is 1. The van der Waals surface area contributed by atoms with E-state index < -0.39 is 6.04 Å². The van der Waals surface area contributed by atoms with Gasteiger partial charge in [0.2, 0.25) is 5.91 Å². The highest BCUT2D eigenvalue weighted by atomic mass is 16.5. The van der Waals surface area contributed by atoms with E-state index in [-0.39, 0.29) is 11.9 Å². The second kappa shape index (κ2) is 7.51. The molecule has 0 aliphatic carbocycles. The van der Waals surface area contributed by atoms with E-state index in [2.05, 4.69) is 5.32 Å². The van der Waals surface area contributed by atoms with Crippen molar-refractivity contribution in [1.82, 2.24) is 10.2 Å². The quantitative estimate of drug-likeness (QED) is 0.912. The molecule has 1 aromatic carbocycles. The molecule has 2 aromatic rings. The van der Waals surface area contributed by atoms with Crippen LogP contribution in [0.1, 0.15) is 18.4 Å². The molecular weight excluding hydrogens is 334 g/mol. The summed E-state index contributed by atoms with van der Waals surface area (Å²) in [5, 5.41) is 2.81. The highest BCUT2D eigenvalue weighted by molar-refractivity contribution is 6.00. The minimum absolute atomic E-state index is 0.117. The second-order valence-corrected chi connectivity index (χ2v) is 6.23. The molecule has 1 aromatic heterocycles. The lowest BCUT2D eigenvalue weighted by Gasteiger charge is -2.39. The Bertz CT molecular complexity index is 802. The van der Waals surface area contributed by atoms with Crippen molar-refractivity contribution >= 4 is 17.6 Å². The van der Waals surface area contributed by atoms with E-state index in [9.17, 15) is 9.59 Å². The molecule has 0 radical (unpaired) electrons. The predicted molar refractivity (Wildman–Crippen MR) is 97.2 cm³/mol. The van der Waals surface area contributed by atoms with Crippen LogP contribution in [0, 0.1) is 6.92 Å². The molecule has 2 heterocycles. The Labute approximate surface area is 152 Å². The largest absolute Gasteiger partial charge is 0.497 e. The lowest BCUT2D eigenvalue weighted by atomic mass is 10.1. The van der Waals surface area contributed by atoms with Crippen molar-refractivity contribution in [3.63, 3.8) is 0 Å². The molecule has 3 amide bonds. The number of hydrogen-bond acceptors (Lipinski definition) is 4. The van der Waals surface area contributed by atoms with Crippen molar-refractivity contribution in [2.24, 2.45) is 0 Å². The Morgan fingerprint density at radius 1 is 1.31 bits per heavy atom. The number of rotatable bonds is 4. The van der Waals surface area contributed by atoms with Crippen molar-refractivity contribution in [2.75, 3.05) is 25.1 Å². The summed E-state index contributed by atoms with van der Waals surface area (Å²) in [4.78, 5) is 28.5. The van der Waals surface area contributed by atoms with Gasteiger partial charge < -0.3 is 24.3 Å². The number of ether oxygens (including phenoxy) is 1. The zero-order valence-corrected chi connectivity index (χ0v) is 15.2. The number of benzene rings is 1. The molecule has 1 unspecified atom stereocenters. The summed E-state index contributed by atoms with van der Waals surface area (Å²) in [6, 6.07) is 10.2. The summed E-state index contributed by atoms with van der Waals surface area (Å²) in [6.07, 6.45) is 0. The van der Waals surface area contributed by atoms with Crippen LogP contribution in [-0.4, -0.2) is 43.1 Å². The van der Waals surface area contributed by atoms with Crippen molar-refractivity contribution in [1.29, 1.82) is 0 Å². The molecule has 3 rings (SSSR count). The first-order valence-electron chi connectivity index (χ1n) is 8.55. The minimum Gasteiger partial charge on any atom is -0.497 e. The fraction of sp³-hybridized carbons (Fsp3) is 0.368. The van der Waals surface area contributed by atoms with Crippen LogP contribution in [0.3, 0.4) is 0 Å². The number of aryl methyl sites for hydroxylation is 1. The van der Waals surface area contributed by atoms with Crippen molar-refractivity contribution in [3.8, 4) is 5.75 Å². The van der Waals surface area contributed by atoms with Gasteiger partial charge in [-0.05, 0) is 38.1 Å². The molecule has 1 saturated heterocycles. The number of nitrogens with zero attached hydrogens (tertiary/aromatic N) is 2. The average Bonchev–Trinajstić information content (AvgIpc) is 3.07. The molecule has 0 spiro atoms. The van der Waals surface area contributed by atoms with Gasteiger partial charge in [0.1, 0.15) is 23.3 Å². The van der Waals surface area contributed by atoms with E-state index in [1.165, 1.54) is 0 Å².